The van der Waals surface area contributed by atoms with Crippen molar-refractivity contribution in [2.45, 2.75) is 19.7 Å². The Labute approximate surface area is 195 Å². The zero-order valence-corrected chi connectivity index (χ0v) is 19.6. The summed E-state index contributed by atoms with van der Waals surface area (Å²) in [6.07, 6.45) is 0. The maximum absolute atomic E-state index is 12.8. The Kier molecular flexibility index (Phi) is 9.21. The third kappa shape index (κ3) is 6.15. The van der Waals surface area contributed by atoms with Gasteiger partial charge in [-0.1, -0.05) is 12.1 Å². The molecule has 2 N–H and O–H groups in total. The van der Waals surface area contributed by atoms with Crippen molar-refractivity contribution in [3.05, 3.63) is 41.5 Å². The van der Waals surface area contributed by atoms with Crippen LogP contribution in [0.25, 0.3) is 0 Å². The summed E-state index contributed by atoms with van der Waals surface area (Å²) >= 11 is 0. The summed E-state index contributed by atoms with van der Waals surface area (Å²) in [5, 5.41) is 6.23. The summed E-state index contributed by atoms with van der Waals surface area (Å²) in [7, 11) is 4.74. The molecule has 31 heavy (non-hydrogen) atoms. The molecule has 0 saturated heterocycles. The van der Waals surface area contributed by atoms with Crippen LogP contribution in [-0.2, 0) is 13.1 Å². The number of hydrogen-bond acceptors (Lipinski definition) is 6. The second kappa shape index (κ2) is 11.6. The molecule has 2 aromatic carbocycles. The summed E-state index contributed by atoms with van der Waals surface area (Å²) in [5.74, 6) is 2.53. The van der Waals surface area contributed by atoms with E-state index in [2.05, 4.69) is 20.4 Å². The standard InChI is InChI=1S/C20H23F2N3O5.HI/c1-23-20(24-9-12-5-4-6-14(26-2)18(12)27-3)25-10-13-7-16-17(29-11-28-16)8-15(13)30-19(21)22;/h4-8,19H,9-11H2,1-3H3,(H2,23,24,25);1H. The highest BCUT2D eigenvalue weighted by atomic mass is 127. The van der Waals surface area contributed by atoms with Crippen molar-refractivity contribution in [3.63, 3.8) is 0 Å². The highest BCUT2D eigenvalue weighted by Crippen LogP contribution is 2.38. The van der Waals surface area contributed by atoms with Crippen LogP contribution in [0.2, 0.25) is 0 Å². The lowest BCUT2D eigenvalue weighted by atomic mass is 10.1. The molecule has 0 fully saturated rings. The number of ether oxygens (including phenoxy) is 5. The van der Waals surface area contributed by atoms with Crippen LogP contribution < -0.4 is 34.3 Å². The second-order valence-corrected chi connectivity index (χ2v) is 6.12. The first kappa shape index (κ1) is 24.6. The van der Waals surface area contributed by atoms with E-state index in [1.807, 2.05) is 12.1 Å². The third-order valence-electron chi connectivity index (χ3n) is 4.37. The van der Waals surface area contributed by atoms with Gasteiger partial charge in [-0.15, -0.1) is 24.0 Å². The second-order valence-electron chi connectivity index (χ2n) is 6.12. The number of aliphatic imine (C=N–C) groups is 1. The first-order valence-electron chi connectivity index (χ1n) is 9.07. The number of alkyl halides is 2. The normalized spacial score (nSPS) is 12.3. The first-order chi connectivity index (χ1) is 14.5. The van der Waals surface area contributed by atoms with Gasteiger partial charge in [0, 0.05) is 37.3 Å². The van der Waals surface area contributed by atoms with Crippen molar-refractivity contribution in [3.8, 4) is 28.7 Å². The fourth-order valence-corrected chi connectivity index (χ4v) is 2.98. The average molecular weight is 551 g/mol. The van der Waals surface area contributed by atoms with Crippen LogP contribution in [0.4, 0.5) is 8.78 Å². The minimum atomic E-state index is -2.96. The molecular formula is C20H24F2IN3O5. The van der Waals surface area contributed by atoms with Gasteiger partial charge in [-0.25, -0.2) is 0 Å². The smallest absolute Gasteiger partial charge is 0.387 e. The van der Waals surface area contributed by atoms with Crippen LogP contribution in [0, 0.1) is 0 Å². The number of nitrogens with zero attached hydrogens (tertiary/aromatic N) is 1. The molecule has 0 spiro atoms. The Bertz CT molecular complexity index is 915. The van der Waals surface area contributed by atoms with E-state index in [9.17, 15) is 8.78 Å². The molecule has 3 rings (SSSR count). The molecule has 0 bridgehead atoms. The van der Waals surface area contributed by atoms with Crippen molar-refractivity contribution in [1.82, 2.24) is 10.6 Å². The molecule has 8 nitrogen and oxygen atoms in total. The van der Waals surface area contributed by atoms with Crippen molar-refractivity contribution >= 4 is 29.9 Å². The Morgan fingerprint density at radius 1 is 1.03 bits per heavy atom. The Balaban J connectivity index is 0.00000341. The topological polar surface area (TPSA) is 82.6 Å². The Morgan fingerprint density at radius 3 is 2.32 bits per heavy atom. The molecule has 0 saturated carbocycles. The van der Waals surface area contributed by atoms with Crippen LogP contribution in [0.1, 0.15) is 11.1 Å². The minimum absolute atomic E-state index is 0. The molecule has 1 heterocycles. The molecule has 2 aromatic rings. The molecule has 0 atom stereocenters. The van der Waals surface area contributed by atoms with Crippen LogP contribution in [0.5, 0.6) is 28.7 Å². The highest BCUT2D eigenvalue weighted by Gasteiger charge is 2.20. The lowest BCUT2D eigenvalue weighted by molar-refractivity contribution is -0.0505. The first-order valence-corrected chi connectivity index (χ1v) is 9.07. The van der Waals surface area contributed by atoms with Crippen LogP contribution in [0.3, 0.4) is 0 Å². The molecule has 11 heteroatoms. The number of guanidine groups is 1. The SMILES string of the molecule is CN=C(NCc1cc2c(cc1OC(F)F)OCO2)NCc1cccc(OC)c1OC.I. The number of hydrogen-bond donors (Lipinski definition) is 2. The van der Waals surface area contributed by atoms with E-state index in [4.69, 9.17) is 18.9 Å². The number of benzene rings is 2. The van der Waals surface area contributed by atoms with E-state index in [-0.39, 0.29) is 43.1 Å². The lowest BCUT2D eigenvalue weighted by Crippen LogP contribution is -2.36. The molecule has 0 aromatic heterocycles. The van der Waals surface area contributed by atoms with Gasteiger partial charge in [0.1, 0.15) is 5.75 Å². The number of para-hydroxylation sites is 1. The monoisotopic (exact) mass is 551 g/mol. The zero-order chi connectivity index (χ0) is 21.5. The number of methoxy groups -OCH3 is 2. The van der Waals surface area contributed by atoms with E-state index in [1.54, 1.807) is 33.4 Å². The molecule has 0 amide bonds. The van der Waals surface area contributed by atoms with E-state index in [0.29, 0.717) is 41.1 Å². The molecule has 0 radical (unpaired) electrons. The molecule has 0 aliphatic carbocycles. The lowest BCUT2D eigenvalue weighted by Gasteiger charge is -2.17. The van der Waals surface area contributed by atoms with Gasteiger partial charge in [0.15, 0.2) is 29.0 Å². The fourth-order valence-electron chi connectivity index (χ4n) is 2.98. The Morgan fingerprint density at radius 2 is 1.71 bits per heavy atom. The van der Waals surface area contributed by atoms with Crippen molar-refractivity contribution in [2.75, 3.05) is 28.1 Å². The van der Waals surface area contributed by atoms with Gasteiger partial charge in [-0.05, 0) is 12.1 Å². The van der Waals surface area contributed by atoms with E-state index in [0.717, 1.165) is 5.56 Å². The maximum atomic E-state index is 12.8. The van der Waals surface area contributed by atoms with Gasteiger partial charge in [0.25, 0.3) is 0 Å². The summed E-state index contributed by atoms with van der Waals surface area (Å²) in [6.45, 7) is -2.34. The molecular weight excluding hydrogens is 527 g/mol. The van der Waals surface area contributed by atoms with Crippen molar-refractivity contribution in [2.24, 2.45) is 4.99 Å². The quantitative estimate of drug-likeness (QED) is 0.295. The summed E-state index contributed by atoms with van der Waals surface area (Å²) < 4.78 is 51.5. The molecule has 1 aliphatic rings. The number of nitrogens with one attached hydrogen (secondary N) is 2. The predicted molar refractivity (Wildman–Crippen MR) is 121 cm³/mol. The van der Waals surface area contributed by atoms with Gasteiger partial charge >= 0.3 is 6.61 Å². The third-order valence-corrected chi connectivity index (χ3v) is 4.37. The van der Waals surface area contributed by atoms with Gasteiger partial charge < -0.3 is 34.3 Å². The van der Waals surface area contributed by atoms with Crippen LogP contribution >= 0.6 is 24.0 Å². The fraction of sp³-hybridized carbons (Fsp3) is 0.350. The molecule has 1 aliphatic heterocycles. The molecule has 0 unspecified atom stereocenters. The summed E-state index contributed by atoms with van der Waals surface area (Å²) in [6, 6.07) is 8.55. The summed E-state index contributed by atoms with van der Waals surface area (Å²) in [4.78, 5) is 4.16. The number of halogens is 3. The largest absolute Gasteiger partial charge is 0.493 e. The van der Waals surface area contributed by atoms with Crippen molar-refractivity contribution < 1.29 is 32.5 Å². The maximum Gasteiger partial charge on any atom is 0.387 e. The minimum Gasteiger partial charge on any atom is -0.493 e. The van der Waals surface area contributed by atoms with Gasteiger partial charge in [0.2, 0.25) is 6.79 Å². The highest BCUT2D eigenvalue weighted by molar-refractivity contribution is 14.0. The van der Waals surface area contributed by atoms with Gasteiger partial charge in [-0.2, -0.15) is 8.78 Å². The van der Waals surface area contributed by atoms with Gasteiger partial charge in [-0.3, -0.25) is 4.99 Å². The summed E-state index contributed by atoms with van der Waals surface area (Å²) in [5.41, 5.74) is 1.34. The van der Waals surface area contributed by atoms with E-state index < -0.39 is 6.61 Å². The van der Waals surface area contributed by atoms with E-state index in [1.165, 1.54) is 6.07 Å². The average Bonchev–Trinajstić information content (AvgIpc) is 3.20. The Hall–Kier alpha value is -2.70. The predicted octanol–water partition coefficient (Wildman–Crippen LogP) is 3.52. The van der Waals surface area contributed by atoms with Crippen LogP contribution in [-0.4, -0.2) is 40.6 Å². The molecule has 170 valence electrons. The number of rotatable bonds is 8. The van der Waals surface area contributed by atoms with E-state index >= 15 is 0 Å². The van der Waals surface area contributed by atoms with Crippen molar-refractivity contribution in [1.29, 1.82) is 0 Å². The van der Waals surface area contributed by atoms with Crippen LogP contribution in [0.15, 0.2) is 35.3 Å². The van der Waals surface area contributed by atoms with Gasteiger partial charge in [0.05, 0.1) is 14.2 Å². The number of fused-ring (bicyclic) bond motifs is 1. The zero-order valence-electron chi connectivity index (χ0n) is 17.2.